The molecule has 11 rings (SSSR count). The Labute approximate surface area is 253 Å². The average Bonchev–Trinajstić information content (AvgIpc) is 3.84. The predicted molar refractivity (Wildman–Crippen MR) is 182 cm³/mol. The minimum absolute atomic E-state index is 0.779. The molecule has 44 heavy (non-hydrogen) atoms. The van der Waals surface area contributed by atoms with E-state index in [-0.39, 0.29) is 0 Å². The Kier molecular flexibility index (Phi) is 4.15. The summed E-state index contributed by atoms with van der Waals surface area (Å²) in [6.07, 6.45) is 5.80. The van der Waals surface area contributed by atoms with Crippen LogP contribution in [0.25, 0.3) is 85.7 Å². The van der Waals surface area contributed by atoms with E-state index in [9.17, 15) is 0 Å². The molecule has 0 unspecified atom stereocenters. The number of hydrogen-bond donors (Lipinski definition) is 0. The highest BCUT2D eigenvalue weighted by Crippen LogP contribution is 2.42. The molecule has 204 valence electrons. The van der Waals surface area contributed by atoms with Gasteiger partial charge < -0.3 is 4.74 Å². The first kappa shape index (κ1) is 22.8. The minimum Gasteiger partial charge on any atom is -0.457 e. The Bertz CT molecular complexity index is 2980. The van der Waals surface area contributed by atoms with Crippen molar-refractivity contribution in [3.63, 3.8) is 0 Å². The summed E-state index contributed by atoms with van der Waals surface area (Å²) in [5.74, 6) is 1.56. The van der Waals surface area contributed by atoms with Crippen molar-refractivity contribution in [1.29, 1.82) is 0 Å². The molecule has 0 saturated carbocycles. The number of rotatable bonds is 2. The molecule has 0 saturated heterocycles. The van der Waals surface area contributed by atoms with Gasteiger partial charge in [-0.1, -0.05) is 36.4 Å². The van der Waals surface area contributed by atoms with Gasteiger partial charge in [0, 0.05) is 77.1 Å². The van der Waals surface area contributed by atoms with Gasteiger partial charge >= 0.3 is 0 Å². The molecule has 5 aromatic carbocycles. The third kappa shape index (κ3) is 2.83. The molecule has 5 nitrogen and oxygen atoms in total. The molecule has 0 N–H and O–H groups in total. The van der Waals surface area contributed by atoms with Crippen molar-refractivity contribution in [2.75, 3.05) is 0 Å². The van der Waals surface area contributed by atoms with Crippen molar-refractivity contribution in [2.45, 2.75) is 0 Å². The Hall–Kier alpha value is -5.72. The van der Waals surface area contributed by atoms with Crippen molar-refractivity contribution in [3.05, 3.63) is 122 Å². The van der Waals surface area contributed by atoms with Crippen LogP contribution in [0.2, 0.25) is 0 Å². The zero-order valence-corrected chi connectivity index (χ0v) is 24.0. The number of para-hydroxylation sites is 1. The van der Waals surface area contributed by atoms with E-state index in [2.05, 4.69) is 112 Å². The van der Waals surface area contributed by atoms with Gasteiger partial charge in [0.15, 0.2) is 0 Å². The maximum absolute atomic E-state index is 6.57. The number of nitrogens with zero attached hydrogens (tertiary/aromatic N) is 4. The lowest BCUT2D eigenvalue weighted by atomic mass is 10.0. The highest BCUT2D eigenvalue weighted by Gasteiger charge is 2.19. The molecule has 0 bridgehead atoms. The van der Waals surface area contributed by atoms with Crippen molar-refractivity contribution < 1.29 is 4.74 Å². The first-order chi connectivity index (χ1) is 21.8. The topological polar surface area (TPSA) is 43.8 Å². The largest absolute Gasteiger partial charge is 0.457 e. The van der Waals surface area contributed by atoms with Crippen LogP contribution in [0.15, 0.2) is 122 Å². The molecule has 0 amide bonds. The molecule has 0 aliphatic carbocycles. The van der Waals surface area contributed by atoms with Crippen molar-refractivity contribution in [3.8, 4) is 11.5 Å². The first-order valence-electron chi connectivity index (χ1n) is 14.6. The van der Waals surface area contributed by atoms with Gasteiger partial charge in [-0.3, -0.25) is 8.80 Å². The van der Waals surface area contributed by atoms with E-state index >= 15 is 0 Å². The van der Waals surface area contributed by atoms with Gasteiger partial charge in [-0.2, -0.15) is 0 Å². The van der Waals surface area contributed by atoms with Crippen LogP contribution in [-0.2, 0) is 0 Å². The second-order valence-electron chi connectivity index (χ2n) is 11.5. The van der Waals surface area contributed by atoms with E-state index in [1.54, 1.807) is 0 Å². The monoisotopic (exact) mass is 580 g/mol. The van der Waals surface area contributed by atoms with E-state index in [1.165, 1.54) is 58.0 Å². The fourth-order valence-electron chi connectivity index (χ4n) is 7.35. The van der Waals surface area contributed by atoms with Gasteiger partial charge in [0.2, 0.25) is 0 Å². The maximum Gasteiger partial charge on any atom is 0.145 e. The van der Waals surface area contributed by atoms with E-state index in [1.807, 2.05) is 29.8 Å². The lowest BCUT2D eigenvalue weighted by molar-refractivity contribution is 0.484. The first-order valence-corrected chi connectivity index (χ1v) is 15.5. The Morgan fingerprint density at radius 3 is 2.25 bits per heavy atom. The molecule has 0 aliphatic rings. The van der Waals surface area contributed by atoms with Crippen LogP contribution in [0.3, 0.4) is 0 Å². The average molecular weight is 581 g/mol. The van der Waals surface area contributed by atoms with Crippen molar-refractivity contribution in [1.82, 2.24) is 18.8 Å². The lowest BCUT2D eigenvalue weighted by Crippen LogP contribution is -1.92. The summed E-state index contributed by atoms with van der Waals surface area (Å²) >= 11 is 1.85. The number of benzene rings is 5. The summed E-state index contributed by atoms with van der Waals surface area (Å²) in [7, 11) is 0. The standard InChI is InChI=1S/C38H20N4OS/c1-2-9-34-25(5-1)30-19-32-29(20-35(30)44-34)23-12-10-21(17-31(23)37-40-15-16-41(32)37)43-22-11-13-24-26-6-3-7-27-28-8-4-14-39-38(28)42(36(26)27)33(24)18-22/h1-20H. The van der Waals surface area contributed by atoms with Gasteiger partial charge in [0.05, 0.1) is 16.6 Å². The van der Waals surface area contributed by atoms with Crippen LogP contribution >= 0.6 is 11.3 Å². The van der Waals surface area contributed by atoms with Crippen molar-refractivity contribution >= 4 is 97.1 Å². The maximum atomic E-state index is 6.57. The number of imidazole rings is 1. The van der Waals surface area contributed by atoms with Gasteiger partial charge in [-0.15, -0.1) is 11.3 Å². The molecule has 6 aromatic heterocycles. The van der Waals surface area contributed by atoms with E-state index in [4.69, 9.17) is 14.7 Å². The van der Waals surface area contributed by atoms with E-state index in [0.717, 1.165) is 39.2 Å². The number of thiophene rings is 1. The fraction of sp³-hybridized carbons (Fsp3) is 0. The second-order valence-corrected chi connectivity index (χ2v) is 12.6. The number of hydrogen-bond acceptors (Lipinski definition) is 4. The van der Waals surface area contributed by atoms with Gasteiger partial charge in [-0.25, -0.2) is 9.97 Å². The lowest BCUT2D eigenvalue weighted by Gasteiger charge is -2.12. The van der Waals surface area contributed by atoms with Crippen LogP contribution in [0.5, 0.6) is 11.5 Å². The van der Waals surface area contributed by atoms with Crippen LogP contribution in [0.1, 0.15) is 0 Å². The predicted octanol–water partition coefficient (Wildman–Crippen LogP) is 10.3. The molecule has 0 fully saturated rings. The van der Waals surface area contributed by atoms with Crippen LogP contribution < -0.4 is 4.74 Å². The highest BCUT2D eigenvalue weighted by atomic mass is 32.1. The number of ether oxygens (including phenoxy) is 1. The quantitative estimate of drug-likeness (QED) is 0.191. The molecular formula is C38H20N4OS. The Balaban J connectivity index is 1.11. The zero-order valence-electron chi connectivity index (χ0n) is 23.2. The van der Waals surface area contributed by atoms with E-state index in [0.29, 0.717) is 0 Å². The molecular weight excluding hydrogens is 561 g/mol. The number of aromatic nitrogens is 4. The third-order valence-electron chi connectivity index (χ3n) is 9.20. The van der Waals surface area contributed by atoms with Gasteiger partial charge in [0.25, 0.3) is 0 Å². The van der Waals surface area contributed by atoms with Gasteiger partial charge in [0.1, 0.15) is 22.8 Å². The molecule has 0 spiro atoms. The summed E-state index contributed by atoms with van der Waals surface area (Å²) < 4.78 is 13.7. The minimum atomic E-state index is 0.779. The van der Waals surface area contributed by atoms with Crippen LogP contribution in [-0.4, -0.2) is 18.8 Å². The summed E-state index contributed by atoms with van der Waals surface area (Å²) in [5.41, 5.74) is 5.36. The summed E-state index contributed by atoms with van der Waals surface area (Å²) in [6, 6.07) is 36.7. The number of fused-ring (bicyclic) bond motifs is 15. The SMILES string of the molecule is c1ccc2c(c1)sc1cc3c4ccc(Oc5ccc6c7cccc8c9cccnc9n(c6c5)c78)cc4c4nccn4c3cc12. The Morgan fingerprint density at radius 2 is 1.30 bits per heavy atom. The Morgan fingerprint density at radius 1 is 0.500 bits per heavy atom. The van der Waals surface area contributed by atoms with E-state index < -0.39 is 0 Å². The highest BCUT2D eigenvalue weighted by molar-refractivity contribution is 7.25. The molecule has 11 aromatic rings. The second kappa shape index (κ2) is 8.01. The molecule has 0 atom stereocenters. The van der Waals surface area contributed by atoms with Crippen molar-refractivity contribution in [2.24, 2.45) is 0 Å². The summed E-state index contributed by atoms with van der Waals surface area (Å²) in [5, 5.41) is 10.8. The third-order valence-corrected chi connectivity index (χ3v) is 10.3. The zero-order chi connectivity index (χ0) is 28.5. The molecule has 0 aliphatic heterocycles. The fourth-order valence-corrected chi connectivity index (χ4v) is 8.47. The van der Waals surface area contributed by atoms with Crippen LogP contribution in [0.4, 0.5) is 0 Å². The summed E-state index contributed by atoms with van der Waals surface area (Å²) in [4.78, 5) is 9.55. The number of pyridine rings is 2. The normalized spacial score (nSPS) is 12.5. The molecule has 6 heterocycles. The molecule has 6 heteroatoms. The summed E-state index contributed by atoms with van der Waals surface area (Å²) in [6.45, 7) is 0. The molecule has 0 radical (unpaired) electrons. The smallest absolute Gasteiger partial charge is 0.145 e. The van der Waals surface area contributed by atoms with Crippen LogP contribution in [0, 0.1) is 0 Å². The van der Waals surface area contributed by atoms with Gasteiger partial charge in [-0.05, 0) is 66.0 Å².